The zero-order chi connectivity index (χ0) is 9.85. The number of carbonyl (C=O) groups is 2. The molecule has 0 radical (unpaired) electrons. The third-order valence-corrected chi connectivity index (χ3v) is 4.47. The van der Waals surface area contributed by atoms with Crippen molar-refractivity contribution in [2.24, 2.45) is 5.92 Å². The molecule has 1 saturated carbocycles. The van der Waals surface area contributed by atoms with Crippen molar-refractivity contribution in [1.29, 1.82) is 0 Å². The predicted octanol–water partition coefficient (Wildman–Crippen LogP) is 0.906. The predicted molar refractivity (Wildman–Crippen MR) is 48.0 cm³/mol. The molecular weight excluding hydrogens is 190 g/mol. The number of rotatable bonds is 2. The average molecular weight is 203 g/mol. The van der Waals surface area contributed by atoms with Crippen molar-refractivity contribution in [1.82, 2.24) is 0 Å². The minimum absolute atomic E-state index is 0.0162. The van der Waals surface area contributed by atoms with Gasteiger partial charge in [-0.2, -0.15) is 4.48 Å². The number of nitrogens with zero attached hydrogens (tertiary/aromatic N) is 1. The zero-order valence-corrected chi connectivity index (χ0v) is 8.54. The number of alkyl halides is 1. The Morgan fingerprint density at radius 1 is 1.77 bits per heavy atom. The first-order valence-electron chi connectivity index (χ1n) is 4.49. The lowest BCUT2D eigenvalue weighted by molar-refractivity contribution is -0.970. The van der Waals surface area contributed by atoms with Gasteiger partial charge in [0.25, 0.3) is 0 Å². The second kappa shape index (κ2) is 2.34. The molecule has 13 heavy (non-hydrogen) atoms. The Bertz CT molecular complexity index is 293. The molecule has 0 aromatic heterocycles. The molecule has 2 bridgehead atoms. The summed E-state index contributed by atoms with van der Waals surface area (Å²) in [5.41, 5.74) is -0.154. The molecule has 2 heterocycles. The molecule has 0 spiro atoms. The van der Waals surface area contributed by atoms with E-state index in [1.54, 1.807) is 0 Å². The van der Waals surface area contributed by atoms with E-state index in [0.29, 0.717) is 5.92 Å². The van der Waals surface area contributed by atoms with Gasteiger partial charge in [0, 0.05) is 0 Å². The highest BCUT2D eigenvalue weighted by molar-refractivity contribution is 6.26. The number of amides is 2. The molecule has 4 heteroatoms. The maximum atomic E-state index is 11.5. The van der Waals surface area contributed by atoms with Gasteiger partial charge in [0.2, 0.25) is 0 Å². The van der Waals surface area contributed by atoms with Gasteiger partial charge in [-0.3, -0.25) is 0 Å². The van der Waals surface area contributed by atoms with Crippen molar-refractivity contribution in [2.45, 2.75) is 31.8 Å². The molecule has 4 atom stereocenters. The fourth-order valence-corrected chi connectivity index (χ4v) is 3.23. The van der Waals surface area contributed by atoms with Gasteiger partial charge in [-0.05, 0) is 6.92 Å². The number of hydrogen-bond donors (Lipinski definition) is 0. The number of quaternary nitrogens is 1. The molecule has 3 nitrogen and oxygen atoms in total. The number of halogens is 1. The van der Waals surface area contributed by atoms with Crippen LogP contribution in [0.25, 0.3) is 0 Å². The first kappa shape index (κ1) is 9.16. The van der Waals surface area contributed by atoms with Gasteiger partial charge < -0.3 is 0 Å². The van der Waals surface area contributed by atoms with E-state index in [2.05, 4.69) is 6.92 Å². The van der Waals surface area contributed by atoms with Gasteiger partial charge in [-0.1, -0.05) is 6.92 Å². The van der Waals surface area contributed by atoms with Gasteiger partial charge in [0.15, 0.2) is 0 Å². The van der Waals surface area contributed by atoms with E-state index in [0.717, 1.165) is 12.8 Å². The van der Waals surface area contributed by atoms with Crippen LogP contribution in [0, 0.1) is 5.92 Å². The number of carbonyl (C=O) groups excluding carboxylic acids is 2. The van der Waals surface area contributed by atoms with Crippen molar-refractivity contribution in [2.75, 3.05) is 5.88 Å². The lowest BCUT2D eigenvalue weighted by Gasteiger charge is -2.73. The van der Waals surface area contributed by atoms with Crippen LogP contribution in [-0.4, -0.2) is 34.3 Å². The third kappa shape index (κ3) is 0.647. The Hall–Kier alpha value is -0.410. The van der Waals surface area contributed by atoms with E-state index < -0.39 is 0 Å². The van der Waals surface area contributed by atoms with Gasteiger partial charge in [0.05, 0.1) is 12.3 Å². The quantitative estimate of drug-likeness (QED) is 0.379. The largest absolute Gasteiger partial charge is 0.336 e. The lowest BCUT2D eigenvalue weighted by atomic mass is 9.50. The summed E-state index contributed by atoms with van der Waals surface area (Å²) in [6, 6.07) is 0.203. The van der Waals surface area contributed by atoms with Crippen molar-refractivity contribution >= 4 is 23.9 Å². The van der Waals surface area contributed by atoms with E-state index in [1.807, 2.05) is 6.92 Å². The van der Waals surface area contributed by atoms with Crippen molar-refractivity contribution in [3.8, 4) is 0 Å². The summed E-state index contributed by atoms with van der Waals surface area (Å²) >= 11 is 5.50. The van der Waals surface area contributed by atoms with Crippen LogP contribution in [0.4, 0.5) is 0 Å². The smallest absolute Gasteiger partial charge is 0.233 e. The molecule has 1 aliphatic carbocycles. The topological polar surface area (TPSA) is 34.1 Å². The van der Waals surface area contributed by atoms with Crippen LogP contribution in [-0.2, 0) is 9.59 Å². The fourth-order valence-electron chi connectivity index (χ4n) is 3.04. The number of imide groups is 1. The summed E-state index contributed by atoms with van der Waals surface area (Å²) in [6.07, 6.45) is 1.76. The summed E-state index contributed by atoms with van der Waals surface area (Å²) < 4.78 is -0.0162. The second-order valence-corrected chi connectivity index (χ2v) is 4.59. The Balaban J connectivity index is 2.32. The second-order valence-electron chi connectivity index (χ2n) is 4.33. The summed E-state index contributed by atoms with van der Waals surface area (Å²) in [5, 5.41) is 0. The first-order chi connectivity index (χ1) is 6.04. The monoisotopic (exact) mass is 202 g/mol. The highest BCUT2D eigenvalue weighted by Crippen LogP contribution is 2.64. The zero-order valence-electron chi connectivity index (χ0n) is 7.79. The molecule has 2 amide bonds. The van der Waals surface area contributed by atoms with E-state index in [1.165, 1.54) is 0 Å². The Morgan fingerprint density at radius 2 is 2.38 bits per heavy atom. The van der Waals surface area contributed by atoms with Crippen molar-refractivity contribution < 1.29 is 14.1 Å². The van der Waals surface area contributed by atoms with Crippen molar-refractivity contribution in [3.05, 3.63) is 0 Å². The summed E-state index contributed by atoms with van der Waals surface area (Å²) in [6.45, 7) is 4.09. The molecule has 72 valence electrons. The summed E-state index contributed by atoms with van der Waals surface area (Å²) in [4.78, 5) is 22.5. The molecule has 2 aliphatic heterocycles. The summed E-state index contributed by atoms with van der Waals surface area (Å²) in [5.74, 6) is 0.274. The van der Waals surface area contributed by atoms with Gasteiger partial charge >= 0.3 is 12.3 Å². The van der Waals surface area contributed by atoms with Crippen molar-refractivity contribution in [3.63, 3.8) is 0 Å². The van der Waals surface area contributed by atoms with Crippen LogP contribution in [0.15, 0.2) is 0 Å². The highest BCUT2D eigenvalue weighted by Gasteiger charge is 2.83. The standard InChI is InChI=1S/C9H13ClNO2/c1-6-7-3-9(6,2)11(7,5-12)8(13)4-10/h5-7H,3-4H2,1-2H3/q+1. The molecule has 3 aliphatic rings. The first-order valence-corrected chi connectivity index (χ1v) is 5.02. The highest BCUT2D eigenvalue weighted by atomic mass is 35.5. The molecule has 2 saturated heterocycles. The van der Waals surface area contributed by atoms with Crippen LogP contribution >= 0.6 is 11.6 Å². The van der Waals surface area contributed by atoms with Crippen LogP contribution < -0.4 is 0 Å². The van der Waals surface area contributed by atoms with Crippen LogP contribution in [0.3, 0.4) is 0 Å². The minimum atomic E-state index is -0.154. The minimum Gasteiger partial charge on any atom is -0.233 e. The Morgan fingerprint density at radius 3 is 2.62 bits per heavy atom. The lowest BCUT2D eigenvalue weighted by Crippen LogP contribution is -2.94. The molecular formula is C9H13ClNO2+. The maximum Gasteiger partial charge on any atom is 0.336 e. The molecule has 0 N–H and O–H groups in total. The van der Waals surface area contributed by atoms with Gasteiger partial charge in [-0.25, -0.2) is 9.59 Å². The van der Waals surface area contributed by atoms with Crippen LogP contribution in [0.2, 0.25) is 0 Å². The molecule has 3 rings (SSSR count). The van der Waals surface area contributed by atoms with Gasteiger partial charge in [0.1, 0.15) is 17.5 Å². The van der Waals surface area contributed by atoms with E-state index >= 15 is 0 Å². The number of hydrogen-bond acceptors (Lipinski definition) is 2. The Labute approximate surface area is 82.2 Å². The SMILES string of the molecule is CC1C2CC1(C)[N+]2(C=O)C(=O)CCl. The van der Waals surface area contributed by atoms with Crippen LogP contribution in [0.5, 0.6) is 0 Å². The van der Waals surface area contributed by atoms with Crippen LogP contribution in [0.1, 0.15) is 20.3 Å². The van der Waals surface area contributed by atoms with E-state index in [-0.39, 0.29) is 27.9 Å². The molecule has 3 fully saturated rings. The molecule has 0 aromatic rings. The van der Waals surface area contributed by atoms with E-state index in [9.17, 15) is 9.59 Å². The van der Waals surface area contributed by atoms with Gasteiger partial charge in [-0.15, -0.1) is 11.6 Å². The Kier molecular flexibility index (Phi) is 1.65. The third-order valence-electron chi connectivity index (χ3n) is 4.24. The fraction of sp³-hybridized carbons (Fsp3) is 0.778. The maximum absolute atomic E-state index is 11.5. The normalized spacial score (nSPS) is 51.9. The summed E-state index contributed by atoms with van der Waals surface area (Å²) in [7, 11) is 0. The molecule has 0 aromatic carbocycles. The average Bonchev–Trinajstić information content (AvgIpc) is 2.15. The van der Waals surface area contributed by atoms with E-state index in [4.69, 9.17) is 11.6 Å². The molecule has 4 unspecified atom stereocenters.